The number of methoxy groups -OCH3 is 1. The van der Waals surface area contributed by atoms with Gasteiger partial charge >= 0.3 is 11.9 Å². The van der Waals surface area contributed by atoms with E-state index in [1.54, 1.807) is 6.07 Å². The Morgan fingerprint density at radius 2 is 1.90 bits per heavy atom. The van der Waals surface area contributed by atoms with Crippen molar-refractivity contribution in [1.82, 2.24) is 4.72 Å². The van der Waals surface area contributed by atoms with Crippen LogP contribution in [-0.2, 0) is 24.3 Å². The number of hydrogen-bond donors (Lipinski definition) is 2. The smallest absolute Gasteiger partial charge is 0.326 e. The van der Waals surface area contributed by atoms with Gasteiger partial charge in [-0.2, -0.15) is 4.72 Å². The summed E-state index contributed by atoms with van der Waals surface area (Å²) in [7, 11) is -3.21. The van der Waals surface area contributed by atoms with E-state index < -0.39 is 33.3 Å². The van der Waals surface area contributed by atoms with Crippen LogP contribution in [0.5, 0.6) is 0 Å². The van der Waals surface area contributed by atoms with Crippen molar-refractivity contribution < 1.29 is 27.9 Å². The molecule has 1 rings (SSSR count). The minimum Gasteiger partial charge on any atom is -0.480 e. The molecule has 1 aromatic carbocycles. The highest BCUT2D eigenvalue weighted by atomic mass is 35.5. The Bertz CT molecular complexity index is 645. The van der Waals surface area contributed by atoms with Gasteiger partial charge in [0.05, 0.1) is 7.11 Å². The van der Waals surface area contributed by atoms with Gasteiger partial charge in [-0.05, 0) is 18.6 Å². The normalized spacial score (nSPS) is 14.2. The van der Waals surface area contributed by atoms with Crippen LogP contribution >= 0.6 is 11.6 Å². The third-order valence-electron chi connectivity index (χ3n) is 2.74. The number of benzene rings is 1. The zero-order valence-electron chi connectivity index (χ0n) is 11.2. The standard InChI is InChI=1S/C12H14ClNO6S/c1-7(12(17)20-2)21(18,19)14-10(11(15)16)8-5-3-4-6-9(8)13/h3-7,10,14H,1-2H3,(H,15,16)/t7?,10-/m1/s1. The lowest BCUT2D eigenvalue weighted by Gasteiger charge is -2.18. The van der Waals surface area contributed by atoms with Crippen LogP contribution in [0.1, 0.15) is 18.5 Å². The van der Waals surface area contributed by atoms with E-state index in [9.17, 15) is 23.1 Å². The molecule has 0 saturated heterocycles. The number of aliphatic carboxylic acids is 1. The van der Waals surface area contributed by atoms with Crippen LogP contribution in [0.15, 0.2) is 24.3 Å². The first kappa shape index (κ1) is 17.4. The fourth-order valence-electron chi connectivity index (χ4n) is 1.52. The lowest BCUT2D eigenvalue weighted by Crippen LogP contribution is -2.42. The summed E-state index contributed by atoms with van der Waals surface area (Å²) in [4.78, 5) is 22.6. The molecular weight excluding hydrogens is 322 g/mol. The first-order valence-corrected chi connectivity index (χ1v) is 7.69. The minimum atomic E-state index is -4.24. The number of halogens is 1. The molecule has 9 heteroatoms. The minimum absolute atomic E-state index is 0.0762. The Hall–Kier alpha value is -1.64. The zero-order chi connectivity index (χ0) is 16.2. The number of carboxylic acid groups (broad SMARTS) is 1. The van der Waals surface area contributed by atoms with E-state index in [2.05, 4.69) is 4.74 Å². The molecule has 0 radical (unpaired) electrons. The third kappa shape index (κ3) is 4.16. The maximum atomic E-state index is 12.0. The van der Waals surface area contributed by atoms with E-state index in [0.29, 0.717) is 0 Å². The van der Waals surface area contributed by atoms with E-state index in [1.165, 1.54) is 18.2 Å². The lowest BCUT2D eigenvalue weighted by molar-refractivity contribution is -0.141. The summed E-state index contributed by atoms with van der Waals surface area (Å²) in [5.74, 6) is -2.44. The third-order valence-corrected chi connectivity index (χ3v) is 4.78. The van der Waals surface area contributed by atoms with E-state index in [1.807, 2.05) is 4.72 Å². The Kier molecular flexibility index (Phi) is 5.70. The maximum Gasteiger partial charge on any atom is 0.326 e. The molecule has 0 aliphatic rings. The molecule has 1 unspecified atom stereocenters. The Morgan fingerprint density at radius 1 is 1.33 bits per heavy atom. The van der Waals surface area contributed by atoms with Crippen molar-refractivity contribution in [2.24, 2.45) is 0 Å². The summed E-state index contributed by atoms with van der Waals surface area (Å²) in [6.45, 7) is 1.10. The van der Waals surface area contributed by atoms with Crippen LogP contribution in [0, 0.1) is 0 Å². The van der Waals surface area contributed by atoms with E-state index >= 15 is 0 Å². The first-order valence-electron chi connectivity index (χ1n) is 5.77. The Morgan fingerprint density at radius 3 is 2.38 bits per heavy atom. The summed E-state index contributed by atoms with van der Waals surface area (Å²) in [6.07, 6.45) is 0. The number of rotatable bonds is 6. The summed E-state index contributed by atoms with van der Waals surface area (Å²) in [6, 6.07) is 4.32. The van der Waals surface area contributed by atoms with Gasteiger partial charge in [-0.1, -0.05) is 29.8 Å². The van der Waals surface area contributed by atoms with Crippen molar-refractivity contribution in [1.29, 1.82) is 0 Å². The number of nitrogens with one attached hydrogen (secondary N) is 1. The van der Waals surface area contributed by atoms with Gasteiger partial charge in [-0.15, -0.1) is 0 Å². The fraction of sp³-hybridized carbons (Fsp3) is 0.333. The van der Waals surface area contributed by atoms with Crippen molar-refractivity contribution >= 4 is 33.6 Å². The molecule has 7 nitrogen and oxygen atoms in total. The summed E-state index contributed by atoms with van der Waals surface area (Å²) in [5, 5.41) is 7.74. The van der Waals surface area contributed by atoms with Crippen molar-refractivity contribution in [3.8, 4) is 0 Å². The SMILES string of the molecule is COC(=O)C(C)S(=O)(=O)N[C@@H](C(=O)O)c1ccccc1Cl. The molecule has 2 N–H and O–H groups in total. The maximum absolute atomic E-state index is 12.0. The molecule has 0 fully saturated rings. The fourth-order valence-corrected chi connectivity index (χ4v) is 2.87. The van der Waals surface area contributed by atoms with Crippen LogP contribution in [0.2, 0.25) is 5.02 Å². The van der Waals surface area contributed by atoms with Crippen LogP contribution in [0.25, 0.3) is 0 Å². The molecule has 0 aliphatic carbocycles. The van der Waals surface area contributed by atoms with Gasteiger partial charge in [0, 0.05) is 5.02 Å². The molecule has 0 saturated carbocycles. The molecular formula is C12H14ClNO6S. The monoisotopic (exact) mass is 335 g/mol. The number of carboxylic acids is 1. The van der Waals surface area contributed by atoms with Crippen molar-refractivity contribution in [2.45, 2.75) is 18.2 Å². The molecule has 0 bridgehead atoms. The summed E-state index contributed by atoms with van der Waals surface area (Å²) >= 11 is 5.87. The van der Waals surface area contributed by atoms with Gasteiger partial charge in [-0.3, -0.25) is 9.59 Å². The number of sulfonamides is 1. The average Bonchev–Trinajstić information content (AvgIpc) is 2.43. The quantitative estimate of drug-likeness (QED) is 0.749. The second kappa shape index (κ2) is 6.88. The number of hydrogen-bond acceptors (Lipinski definition) is 5. The highest BCUT2D eigenvalue weighted by molar-refractivity contribution is 7.90. The van der Waals surface area contributed by atoms with Gasteiger partial charge in [0.15, 0.2) is 5.25 Å². The van der Waals surface area contributed by atoms with Crippen LogP contribution in [-0.4, -0.2) is 37.8 Å². The van der Waals surface area contributed by atoms with E-state index in [-0.39, 0.29) is 10.6 Å². The summed E-state index contributed by atoms with van der Waals surface area (Å²) < 4.78 is 30.3. The van der Waals surface area contributed by atoms with Crippen molar-refractivity contribution in [3.05, 3.63) is 34.9 Å². The van der Waals surface area contributed by atoms with Gasteiger partial charge in [0.25, 0.3) is 0 Å². The average molecular weight is 336 g/mol. The van der Waals surface area contributed by atoms with Gasteiger partial charge in [-0.25, -0.2) is 8.42 Å². The number of carbonyl (C=O) groups is 2. The van der Waals surface area contributed by atoms with Gasteiger partial charge in [0.1, 0.15) is 6.04 Å². The lowest BCUT2D eigenvalue weighted by atomic mass is 10.1. The number of carbonyl (C=O) groups excluding carboxylic acids is 1. The second-order valence-electron chi connectivity index (χ2n) is 4.12. The molecule has 21 heavy (non-hydrogen) atoms. The van der Waals surface area contributed by atoms with Crippen LogP contribution in [0.4, 0.5) is 0 Å². The molecule has 116 valence electrons. The Labute approximate surface area is 126 Å². The van der Waals surface area contributed by atoms with E-state index in [0.717, 1.165) is 14.0 Å². The number of ether oxygens (including phenoxy) is 1. The molecule has 0 aliphatic heterocycles. The largest absolute Gasteiger partial charge is 0.480 e. The predicted molar refractivity (Wildman–Crippen MR) is 75.4 cm³/mol. The van der Waals surface area contributed by atoms with E-state index in [4.69, 9.17) is 11.6 Å². The first-order chi connectivity index (χ1) is 9.70. The molecule has 1 aromatic rings. The second-order valence-corrected chi connectivity index (χ2v) is 6.56. The molecule has 0 amide bonds. The molecule has 0 aromatic heterocycles. The summed E-state index contributed by atoms with van der Waals surface area (Å²) in [5.41, 5.74) is 0.0762. The van der Waals surface area contributed by atoms with Gasteiger partial charge < -0.3 is 9.84 Å². The molecule has 0 heterocycles. The zero-order valence-corrected chi connectivity index (χ0v) is 12.8. The van der Waals surface area contributed by atoms with Crippen molar-refractivity contribution in [3.63, 3.8) is 0 Å². The highest BCUT2D eigenvalue weighted by Gasteiger charge is 2.34. The Balaban J connectivity index is 3.14. The molecule has 2 atom stereocenters. The van der Waals surface area contributed by atoms with Crippen molar-refractivity contribution in [2.75, 3.05) is 7.11 Å². The molecule has 0 spiro atoms. The topological polar surface area (TPSA) is 110 Å². The van der Waals surface area contributed by atoms with Gasteiger partial charge in [0.2, 0.25) is 10.0 Å². The predicted octanol–water partition coefficient (Wildman–Crippen LogP) is 0.947. The van der Waals surface area contributed by atoms with Crippen LogP contribution in [0.3, 0.4) is 0 Å². The number of esters is 1. The highest BCUT2D eigenvalue weighted by Crippen LogP contribution is 2.24. The van der Waals surface area contributed by atoms with Crippen LogP contribution < -0.4 is 4.72 Å².